The lowest BCUT2D eigenvalue weighted by molar-refractivity contribution is 0.230. The van der Waals surface area contributed by atoms with Gasteiger partial charge in [-0.3, -0.25) is 0 Å². The lowest BCUT2D eigenvalue weighted by atomic mass is 10.3. The van der Waals surface area contributed by atoms with E-state index in [4.69, 9.17) is 5.11 Å². The smallest absolute Gasteiger partial charge is 0.185 e. The number of thiazole rings is 1. The second-order valence-electron chi connectivity index (χ2n) is 4.30. The van der Waals surface area contributed by atoms with Gasteiger partial charge in [0.05, 0.1) is 6.61 Å². The lowest BCUT2D eigenvalue weighted by Crippen LogP contribution is -2.33. The highest BCUT2D eigenvalue weighted by molar-refractivity contribution is 7.15. The van der Waals surface area contributed by atoms with E-state index in [9.17, 15) is 0 Å². The average Bonchev–Trinajstić information content (AvgIpc) is 2.85. The predicted octanol–water partition coefficient (Wildman–Crippen LogP) is 0.824. The third kappa shape index (κ3) is 2.48. The minimum absolute atomic E-state index is 0.0161. The van der Waals surface area contributed by atoms with Gasteiger partial charge in [-0.2, -0.15) is 0 Å². The van der Waals surface area contributed by atoms with Gasteiger partial charge < -0.3 is 15.3 Å². The maximum absolute atomic E-state index is 9.15. The van der Waals surface area contributed by atoms with Crippen molar-refractivity contribution >= 4 is 16.5 Å². The summed E-state index contributed by atoms with van der Waals surface area (Å²) >= 11 is 1.69. The van der Waals surface area contributed by atoms with E-state index in [1.54, 1.807) is 11.3 Å². The highest BCUT2D eigenvalue weighted by atomic mass is 32.1. The molecule has 0 spiro atoms. The van der Waals surface area contributed by atoms with Crippen LogP contribution in [0.25, 0.3) is 0 Å². The summed E-state index contributed by atoms with van der Waals surface area (Å²) in [5, 5.41) is 13.6. The van der Waals surface area contributed by atoms with Crippen molar-refractivity contribution in [3.63, 3.8) is 0 Å². The molecular formula is C10H17N3OS. The van der Waals surface area contributed by atoms with Crippen LogP contribution < -0.4 is 10.2 Å². The molecule has 2 rings (SSSR count). The van der Waals surface area contributed by atoms with E-state index in [0.29, 0.717) is 0 Å². The Morgan fingerprint density at radius 2 is 2.33 bits per heavy atom. The Morgan fingerprint density at radius 3 is 2.80 bits per heavy atom. The van der Waals surface area contributed by atoms with Crippen molar-refractivity contribution in [2.24, 2.45) is 0 Å². The van der Waals surface area contributed by atoms with Crippen LogP contribution in [0.4, 0.5) is 5.13 Å². The van der Waals surface area contributed by atoms with Gasteiger partial charge in [-0.15, -0.1) is 11.3 Å². The fourth-order valence-electron chi connectivity index (χ4n) is 1.40. The molecule has 1 fully saturated rings. The molecule has 1 heterocycles. The predicted molar refractivity (Wildman–Crippen MR) is 62.3 cm³/mol. The van der Waals surface area contributed by atoms with Gasteiger partial charge in [-0.25, -0.2) is 4.98 Å². The molecule has 84 valence electrons. The molecule has 0 radical (unpaired) electrons. The molecule has 0 aliphatic heterocycles. The average molecular weight is 227 g/mol. The number of nitrogens with zero attached hydrogens (tertiary/aromatic N) is 2. The van der Waals surface area contributed by atoms with E-state index in [1.807, 2.05) is 25.2 Å². The van der Waals surface area contributed by atoms with Crippen molar-refractivity contribution in [1.82, 2.24) is 10.3 Å². The summed E-state index contributed by atoms with van der Waals surface area (Å²) in [6.07, 6.45) is 4.08. The van der Waals surface area contributed by atoms with Crippen LogP contribution in [0.3, 0.4) is 0 Å². The van der Waals surface area contributed by atoms with Gasteiger partial charge in [0.2, 0.25) is 0 Å². The number of aliphatic hydroxyl groups excluding tert-OH is 1. The molecule has 1 aliphatic rings. The minimum Gasteiger partial charge on any atom is -0.394 e. The Morgan fingerprint density at radius 1 is 1.60 bits per heavy atom. The molecule has 1 aliphatic carbocycles. The van der Waals surface area contributed by atoms with E-state index in [0.717, 1.165) is 24.5 Å². The van der Waals surface area contributed by atoms with Crippen molar-refractivity contribution in [2.45, 2.75) is 24.9 Å². The first-order valence-electron chi connectivity index (χ1n) is 5.13. The Kier molecular flexibility index (Phi) is 2.95. The summed E-state index contributed by atoms with van der Waals surface area (Å²) in [7, 11) is 3.98. The van der Waals surface area contributed by atoms with Crippen LogP contribution in [0.1, 0.15) is 17.7 Å². The molecule has 0 amide bonds. The van der Waals surface area contributed by atoms with Crippen molar-refractivity contribution in [3.05, 3.63) is 11.1 Å². The number of rotatable bonds is 5. The summed E-state index contributed by atoms with van der Waals surface area (Å²) < 4.78 is 0. The SMILES string of the molecule is CN(C)c1ncc(CNC2(CO)CC2)s1. The highest BCUT2D eigenvalue weighted by Gasteiger charge is 2.41. The maximum Gasteiger partial charge on any atom is 0.185 e. The monoisotopic (exact) mass is 227 g/mol. The topological polar surface area (TPSA) is 48.4 Å². The summed E-state index contributed by atoms with van der Waals surface area (Å²) in [6.45, 7) is 1.05. The molecule has 0 saturated heterocycles. The standard InChI is InChI=1S/C10H17N3OS/c1-13(2)9-11-5-8(15-9)6-12-10(7-14)3-4-10/h5,12,14H,3-4,6-7H2,1-2H3. The van der Waals surface area contributed by atoms with Gasteiger partial charge in [0.25, 0.3) is 0 Å². The Bertz CT molecular complexity index is 333. The van der Waals surface area contributed by atoms with Gasteiger partial charge in [-0.1, -0.05) is 0 Å². The Balaban J connectivity index is 1.88. The molecule has 2 N–H and O–H groups in total. The first-order chi connectivity index (χ1) is 7.15. The van der Waals surface area contributed by atoms with Crippen LogP contribution in [0.2, 0.25) is 0 Å². The first kappa shape index (κ1) is 10.9. The van der Waals surface area contributed by atoms with E-state index in [1.165, 1.54) is 4.88 Å². The quantitative estimate of drug-likeness (QED) is 0.782. The molecule has 0 unspecified atom stereocenters. The van der Waals surface area contributed by atoms with E-state index in [-0.39, 0.29) is 12.1 Å². The fourth-order valence-corrected chi connectivity index (χ4v) is 2.17. The first-order valence-corrected chi connectivity index (χ1v) is 5.95. The van der Waals surface area contributed by atoms with Gasteiger partial charge in [0.15, 0.2) is 5.13 Å². The number of nitrogens with one attached hydrogen (secondary N) is 1. The highest BCUT2D eigenvalue weighted by Crippen LogP contribution is 2.35. The Labute approximate surface area is 93.9 Å². The van der Waals surface area contributed by atoms with Crippen molar-refractivity contribution in [2.75, 3.05) is 25.6 Å². The van der Waals surface area contributed by atoms with Crippen LogP contribution in [0, 0.1) is 0 Å². The number of hydrogen-bond donors (Lipinski definition) is 2. The summed E-state index contributed by atoms with van der Waals surface area (Å²) in [5.41, 5.74) is 0.0161. The van der Waals surface area contributed by atoms with Crippen molar-refractivity contribution in [3.8, 4) is 0 Å². The summed E-state index contributed by atoms with van der Waals surface area (Å²) in [5.74, 6) is 0. The van der Waals surface area contributed by atoms with Gasteiger partial charge in [0, 0.05) is 37.3 Å². The third-order valence-corrected chi connectivity index (χ3v) is 3.88. The van der Waals surface area contributed by atoms with Gasteiger partial charge >= 0.3 is 0 Å². The van der Waals surface area contributed by atoms with E-state index < -0.39 is 0 Å². The number of anilines is 1. The molecule has 0 bridgehead atoms. The second kappa shape index (κ2) is 4.08. The minimum atomic E-state index is 0.0161. The molecule has 1 saturated carbocycles. The van der Waals surface area contributed by atoms with Crippen molar-refractivity contribution < 1.29 is 5.11 Å². The zero-order valence-corrected chi connectivity index (χ0v) is 9.97. The summed E-state index contributed by atoms with van der Waals surface area (Å²) in [4.78, 5) is 7.53. The van der Waals surface area contributed by atoms with Crippen LogP contribution in [0.5, 0.6) is 0 Å². The number of hydrogen-bond acceptors (Lipinski definition) is 5. The normalized spacial score (nSPS) is 17.8. The second-order valence-corrected chi connectivity index (χ2v) is 5.39. The number of aromatic nitrogens is 1. The summed E-state index contributed by atoms with van der Waals surface area (Å²) in [6, 6.07) is 0. The van der Waals surface area contributed by atoms with Crippen molar-refractivity contribution in [1.29, 1.82) is 0 Å². The molecule has 5 heteroatoms. The molecular weight excluding hydrogens is 210 g/mol. The van der Waals surface area contributed by atoms with Crippen LogP contribution >= 0.6 is 11.3 Å². The molecule has 1 aromatic rings. The molecule has 15 heavy (non-hydrogen) atoms. The largest absolute Gasteiger partial charge is 0.394 e. The number of aliphatic hydroxyl groups is 1. The molecule has 4 nitrogen and oxygen atoms in total. The molecule has 0 aromatic carbocycles. The van der Waals surface area contributed by atoms with Crippen LogP contribution in [-0.4, -0.2) is 36.3 Å². The van der Waals surface area contributed by atoms with Crippen LogP contribution in [0.15, 0.2) is 6.20 Å². The fraction of sp³-hybridized carbons (Fsp3) is 0.700. The zero-order chi connectivity index (χ0) is 10.9. The molecule has 1 aromatic heterocycles. The Hall–Kier alpha value is -0.650. The zero-order valence-electron chi connectivity index (χ0n) is 9.16. The van der Waals surface area contributed by atoms with Gasteiger partial charge in [-0.05, 0) is 12.8 Å². The van der Waals surface area contributed by atoms with Crippen LogP contribution in [-0.2, 0) is 6.54 Å². The molecule has 0 atom stereocenters. The van der Waals surface area contributed by atoms with E-state index >= 15 is 0 Å². The third-order valence-electron chi connectivity index (χ3n) is 2.72. The lowest BCUT2D eigenvalue weighted by Gasteiger charge is -2.12. The maximum atomic E-state index is 9.15. The van der Waals surface area contributed by atoms with Gasteiger partial charge in [0.1, 0.15) is 0 Å². The van der Waals surface area contributed by atoms with E-state index in [2.05, 4.69) is 10.3 Å².